The number of aromatic nitrogens is 1. The van der Waals surface area contributed by atoms with Crippen LogP contribution in [0.5, 0.6) is 5.75 Å². The average Bonchev–Trinajstić information content (AvgIpc) is 2.61. The summed E-state index contributed by atoms with van der Waals surface area (Å²) in [6.45, 7) is 0.225. The molecule has 0 fully saturated rings. The lowest BCUT2D eigenvalue weighted by atomic mass is 10.1. The van der Waals surface area contributed by atoms with Gasteiger partial charge in [0.15, 0.2) is 11.4 Å². The predicted molar refractivity (Wildman–Crippen MR) is 88.2 cm³/mol. The van der Waals surface area contributed by atoms with Crippen LogP contribution >= 0.6 is 0 Å². The van der Waals surface area contributed by atoms with Crippen LogP contribution in [0.25, 0.3) is 10.8 Å². The lowest BCUT2D eigenvalue weighted by molar-refractivity contribution is 0.0589. The first-order valence-electron chi connectivity index (χ1n) is 7.24. The second kappa shape index (κ2) is 6.54. The van der Waals surface area contributed by atoms with Crippen LogP contribution in [0, 0.1) is 5.82 Å². The van der Waals surface area contributed by atoms with E-state index in [1.54, 1.807) is 0 Å². The normalized spacial score (nSPS) is 10.6. The Balaban J connectivity index is 2.11. The molecule has 0 unspecified atom stereocenters. The summed E-state index contributed by atoms with van der Waals surface area (Å²) < 4.78 is 24.1. The van der Waals surface area contributed by atoms with Crippen LogP contribution in [0.15, 0.2) is 48.5 Å². The number of carbonyl (C=O) groups excluding carboxylic acids is 1. The maximum Gasteiger partial charge on any atom is 0.360 e. The zero-order valence-electron chi connectivity index (χ0n) is 13.0. The van der Waals surface area contributed by atoms with Crippen LogP contribution in [0.4, 0.5) is 10.2 Å². The number of carbonyl (C=O) groups is 1. The standard InChI is InChI=1S/C18H15FN2O3/c1-23-18(22)15-16(24-10-11-5-3-2-4-6-11)13-8-7-12(19)9-14(13)17(20)21-15/h2-9H,10H2,1H3,(H2,20,21). The molecule has 0 radical (unpaired) electrons. The van der Waals surface area contributed by atoms with Gasteiger partial charge >= 0.3 is 5.97 Å². The minimum absolute atomic E-state index is 0.0370. The summed E-state index contributed by atoms with van der Waals surface area (Å²) in [5.74, 6) is -0.862. The first-order chi connectivity index (χ1) is 11.6. The molecule has 0 aliphatic heterocycles. The Morgan fingerprint density at radius 3 is 2.62 bits per heavy atom. The Kier molecular flexibility index (Phi) is 4.29. The second-order valence-corrected chi connectivity index (χ2v) is 5.13. The maximum atomic E-state index is 13.5. The van der Waals surface area contributed by atoms with Gasteiger partial charge in [-0.1, -0.05) is 30.3 Å². The summed E-state index contributed by atoms with van der Waals surface area (Å²) in [7, 11) is 1.25. The van der Waals surface area contributed by atoms with E-state index in [9.17, 15) is 9.18 Å². The molecule has 0 amide bonds. The van der Waals surface area contributed by atoms with Crippen molar-refractivity contribution in [3.8, 4) is 5.75 Å². The van der Waals surface area contributed by atoms with E-state index in [2.05, 4.69) is 4.98 Å². The third-order valence-electron chi connectivity index (χ3n) is 3.55. The summed E-state index contributed by atoms with van der Waals surface area (Å²) in [6, 6.07) is 13.5. The van der Waals surface area contributed by atoms with Gasteiger partial charge in [-0.05, 0) is 23.8 Å². The first-order valence-corrected chi connectivity index (χ1v) is 7.24. The zero-order valence-corrected chi connectivity index (χ0v) is 13.0. The van der Waals surface area contributed by atoms with Gasteiger partial charge in [0, 0.05) is 10.8 Å². The molecule has 0 aliphatic carbocycles. The molecule has 2 aromatic carbocycles. The number of hydrogen-bond donors (Lipinski definition) is 1. The number of methoxy groups -OCH3 is 1. The number of fused-ring (bicyclic) bond motifs is 1. The molecule has 0 saturated heterocycles. The van der Waals surface area contributed by atoms with Crippen molar-refractivity contribution in [1.82, 2.24) is 4.98 Å². The van der Waals surface area contributed by atoms with Crippen LogP contribution in [0.2, 0.25) is 0 Å². The number of pyridine rings is 1. The van der Waals surface area contributed by atoms with Gasteiger partial charge in [0.05, 0.1) is 7.11 Å². The van der Waals surface area contributed by atoms with Crippen molar-refractivity contribution in [2.24, 2.45) is 0 Å². The quantitative estimate of drug-likeness (QED) is 0.745. The van der Waals surface area contributed by atoms with Gasteiger partial charge in [-0.2, -0.15) is 0 Å². The summed E-state index contributed by atoms with van der Waals surface area (Å²) in [4.78, 5) is 16.1. The molecule has 24 heavy (non-hydrogen) atoms. The fraction of sp³-hybridized carbons (Fsp3) is 0.111. The molecule has 0 spiro atoms. The maximum absolute atomic E-state index is 13.5. The Morgan fingerprint density at radius 1 is 1.17 bits per heavy atom. The monoisotopic (exact) mass is 326 g/mol. The van der Waals surface area contributed by atoms with Crippen molar-refractivity contribution in [2.45, 2.75) is 6.61 Å². The van der Waals surface area contributed by atoms with E-state index >= 15 is 0 Å². The molecule has 0 aliphatic rings. The van der Waals surface area contributed by atoms with Gasteiger partial charge in [-0.15, -0.1) is 0 Å². The molecule has 0 bridgehead atoms. The minimum Gasteiger partial charge on any atom is -0.486 e. The van der Waals surface area contributed by atoms with E-state index in [4.69, 9.17) is 15.2 Å². The number of benzene rings is 2. The molecule has 5 nitrogen and oxygen atoms in total. The van der Waals surface area contributed by atoms with Crippen molar-refractivity contribution in [2.75, 3.05) is 12.8 Å². The fourth-order valence-corrected chi connectivity index (χ4v) is 2.40. The SMILES string of the molecule is COC(=O)c1nc(N)c2cc(F)ccc2c1OCc1ccccc1. The lowest BCUT2D eigenvalue weighted by Crippen LogP contribution is -2.11. The number of nitrogen functional groups attached to an aromatic ring is 1. The third-order valence-corrected chi connectivity index (χ3v) is 3.55. The highest BCUT2D eigenvalue weighted by molar-refractivity contribution is 6.03. The van der Waals surface area contributed by atoms with Crippen molar-refractivity contribution >= 4 is 22.6 Å². The largest absolute Gasteiger partial charge is 0.486 e. The highest BCUT2D eigenvalue weighted by Crippen LogP contribution is 2.33. The van der Waals surface area contributed by atoms with Crippen LogP contribution < -0.4 is 10.5 Å². The summed E-state index contributed by atoms with van der Waals surface area (Å²) in [5, 5.41) is 0.881. The number of nitrogens with two attached hydrogens (primary N) is 1. The number of hydrogen-bond acceptors (Lipinski definition) is 5. The Labute approximate surface area is 137 Å². The van der Waals surface area contributed by atoms with E-state index in [0.717, 1.165) is 5.56 Å². The molecular weight excluding hydrogens is 311 g/mol. The van der Waals surface area contributed by atoms with Gasteiger partial charge < -0.3 is 15.2 Å². The van der Waals surface area contributed by atoms with Crippen LogP contribution in [0.1, 0.15) is 16.1 Å². The molecule has 6 heteroatoms. The van der Waals surface area contributed by atoms with Crippen LogP contribution in [0.3, 0.4) is 0 Å². The van der Waals surface area contributed by atoms with E-state index in [0.29, 0.717) is 10.8 Å². The van der Waals surface area contributed by atoms with Gasteiger partial charge in [0.1, 0.15) is 18.2 Å². The topological polar surface area (TPSA) is 74.4 Å². The zero-order chi connectivity index (χ0) is 17.1. The number of ether oxygens (including phenoxy) is 2. The second-order valence-electron chi connectivity index (χ2n) is 5.13. The average molecular weight is 326 g/mol. The molecular formula is C18H15FN2O3. The van der Waals surface area contributed by atoms with Crippen molar-refractivity contribution in [3.63, 3.8) is 0 Å². The molecule has 0 saturated carbocycles. The molecule has 3 aromatic rings. The van der Waals surface area contributed by atoms with E-state index in [1.807, 2.05) is 30.3 Å². The smallest absolute Gasteiger partial charge is 0.360 e. The van der Waals surface area contributed by atoms with Crippen LogP contribution in [-0.4, -0.2) is 18.1 Å². The highest BCUT2D eigenvalue weighted by atomic mass is 19.1. The molecule has 122 valence electrons. The molecule has 1 aromatic heterocycles. The Hall–Kier alpha value is -3.15. The van der Waals surface area contributed by atoms with Gasteiger partial charge in [0.2, 0.25) is 0 Å². The Morgan fingerprint density at radius 2 is 1.92 bits per heavy atom. The van der Waals surface area contributed by atoms with Crippen molar-refractivity contribution < 1.29 is 18.7 Å². The summed E-state index contributed by atoms with van der Waals surface area (Å²) in [5.41, 5.74) is 6.73. The van der Waals surface area contributed by atoms with Crippen LogP contribution in [-0.2, 0) is 11.3 Å². The molecule has 1 heterocycles. The van der Waals surface area contributed by atoms with E-state index < -0.39 is 11.8 Å². The van der Waals surface area contributed by atoms with E-state index in [-0.39, 0.29) is 23.9 Å². The number of anilines is 1. The number of rotatable bonds is 4. The molecule has 0 atom stereocenters. The van der Waals surface area contributed by atoms with Crippen molar-refractivity contribution in [3.05, 3.63) is 65.6 Å². The summed E-state index contributed by atoms with van der Waals surface area (Å²) >= 11 is 0. The lowest BCUT2D eigenvalue weighted by Gasteiger charge is -2.14. The number of halogens is 1. The van der Waals surface area contributed by atoms with Gasteiger partial charge in [-0.25, -0.2) is 14.2 Å². The first kappa shape index (κ1) is 15.7. The van der Waals surface area contributed by atoms with Crippen molar-refractivity contribution in [1.29, 1.82) is 0 Å². The number of nitrogens with zero attached hydrogens (tertiary/aromatic N) is 1. The fourth-order valence-electron chi connectivity index (χ4n) is 2.40. The minimum atomic E-state index is -0.670. The third kappa shape index (κ3) is 2.99. The predicted octanol–water partition coefficient (Wildman–Crippen LogP) is 3.32. The van der Waals surface area contributed by atoms with E-state index in [1.165, 1.54) is 25.3 Å². The Bertz CT molecular complexity index is 898. The molecule has 3 rings (SSSR count). The molecule has 2 N–H and O–H groups in total. The van der Waals surface area contributed by atoms with Gasteiger partial charge in [-0.3, -0.25) is 0 Å². The number of esters is 1. The van der Waals surface area contributed by atoms with Gasteiger partial charge in [0.25, 0.3) is 0 Å². The summed E-state index contributed by atoms with van der Waals surface area (Å²) in [6.07, 6.45) is 0. The highest BCUT2D eigenvalue weighted by Gasteiger charge is 2.21.